The van der Waals surface area contributed by atoms with Crippen LogP contribution in [0.25, 0.3) is 5.69 Å². The molecule has 2 atom stereocenters. The van der Waals surface area contributed by atoms with Crippen LogP contribution in [0.3, 0.4) is 0 Å². The number of benzene rings is 2. The van der Waals surface area contributed by atoms with Crippen molar-refractivity contribution in [1.29, 1.82) is 0 Å². The van der Waals surface area contributed by atoms with E-state index >= 15 is 0 Å². The van der Waals surface area contributed by atoms with Crippen LogP contribution in [0.4, 0.5) is 5.69 Å². The molecule has 5 nitrogen and oxygen atoms in total. The van der Waals surface area contributed by atoms with Crippen LogP contribution in [0.1, 0.15) is 40.3 Å². The molecule has 0 spiro atoms. The van der Waals surface area contributed by atoms with Crippen LogP contribution in [0, 0.1) is 20.8 Å². The summed E-state index contributed by atoms with van der Waals surface area (Å²) in [6.45, 7) is 6.46. The van der Waals surface area contributed by atoms with Crippen LogP contribution in [-0.4, -0.2) is 21.8 Å². The number of methoxy groups -OCH3 is 1. The first-order chi connectivity index (χ1) is 16.5. The fourth-order valence-electron chi connectivity index (χ4n) is 5.01. The molecule has 1 aliphatic rings. The minimum atomic E-state index is -0.106. The summed E-state index contributed by atoms with van der Waals surface area (Å²) in [7, 11) is 1.69. The van der Waals surface area contributed by atoms with E-state index in [9.17, 15) is 0 Å². The standard InChI is InChI=1S/C28H28N4OS/c1-18-10-9-11-21(16-18)31-19(2)17-22(20(31)3)27-26(23-12-7-8-15-29-23)30-28(34)32(27)24-13-5-6-14-25(24)33-4/h5-17,26-27H,1-4H3,(H,30,34)/t26-,27-/m0/s1. The van der Waals surface area contributed by atoms with Crippen LogP contribution in [0.2, 0.25) is 0 Å². The predicted molar refractivity (Wildman–Crippen MR) is 141 cm³/mol. The Bertz CT molecular complexity index is 1350. The molecule has 0 radical (unpaired) electrons. The lowest BCUT2D eigenvalue weighted by atomic mass is 9.96. The average molecular weight is 469 g/mol. The molecule has 2 aromatic carbocycles. The molecule has 0 aliphatic carbocycles. The van der Waals surface area contributed by atoms with Crippen LogP contribution >= 0.6 is 12.2 Å². The summed E-state index contributed by atoms with van der Waals surface area (Å²) in [5, 5.41) is 4.21. The number of hydrogen-bond donors (Lipinski definition) is 1. The third-order valence-electron chi connectivity index (χ3n) is 6.49. The second kappa shape index (κ2) is 8.95. The maximum atomic E-state index is 5.90. The second-order valence-electron chi connectivity index (χ2n) is 8.67. The van der Waals surface area contributed by atoms with E-state index in [1.807, 2.05) is 36.5 Å². The topological polar surface area (TPSA) is 42.3 Å². The van der Waals surface area contributed by atoms with Crippen molar-refractivity contribution >= 4 is 23.0 Å². The van der Waals surface area contributed by atoms with Crippen molar-refractivity contribution in [3.05, 3.63) is 107 Å². The zero-order valence-corrected chi connectivity index (χ0v) is 20.6. The molecule has 34 heavy (non-hydrogen) atoms. The van der Waals surface area contributed by atoms with Gasteiger partial charge in [-0.15, -0.1) is 0 Å². The van der Waals surface area contributed by atoms with Gasteiger partial charge >= 0.3 is 0 Å². The molecule has 1 aliphatic heterocycles. The van der Waals surface area contributed by atoms with Crippen molar-refractivity contribution in [2.45, 2.75) is 32.9 Å². The zero-order valence-electron chi connectivity index (χ0n) is 19.8. The van der Waals surface area contributed by atoms with Gasteiger partial charge in [0.15, 0.2) is 5.11 Å². The van der Waals surface area contributed by atoms with E-state index in [2.05, 4.69) is 83.0 Å². The summed E-state index contributed by atoms with van der Waals surface area (Å²) >= 11 is 5.90. The van der Waals surface area contributed by atoms with Gasteiger partial charge in [0.1, 0.15) is 5.75 Å². The minimum absolute atomic E-state index is 0.0940. The number of aryl methyl sites for hydroxylation is 2. The van der Waals surface area contributed by atoms with Gasteiger partial charge in [0.05, 0.1) is 30.6 Å². The van der Waals surface area contributed by atoms with Crippen LogP contribution < -0.4 is 15.0 Å². The van der Waals surface area contributed by atoms with Gasteiger partial charge in [-0.1, -0.05) is 30.3 Å². The number of ether oxygens (including phenoxy) is 1. The molecular weight excluding hydrogens is 440 g/mol. The highest BCUT2D eigenvalue weighted by Crippen LogP contribution is 2.46. The highest BCUT2D eigenvalue weighted by molar-refractivity contribution is 7.80. The Morgan fingerprint density at radius 3 is 2.47 bits per heavy atom. The molecule has 5 rings (SSSR count). The largest absolute Gasteiger partial charge is 0.495 e. The van der Waals surface area contributed by atoms with Gasteiger partial charge in [-0.2, -0.15) is 0 Å². The Morgan fingerprint density at radius 2 is 1.74 bits per heavy atom. The summed E-state index contributed by atoms with van der Waals surface area (Å²) in [6.07, 6.45) is 1.83. The molecular formula is C28H28N4OS. The van der Waals surface area contributed by atoms with E-state index < -0.39 is 0 Å². The molecule has 1 saturated heterocycles. The van der Waals surface area contributed by atoms with Gasteiger partial charge in [-0.05, 0) is 86.6 Å². The number of pyridine rings is 1. The number of nitrogens with one attached hydrogen (secondary N) is 1. The number of anilines is 1. The molecule has 0 amide bonds. The fraction of sp³-hybridized carbons (Fsp3) is 0.214. The average Bonchev–Trinajstić information content (AvgIpc) is 3.34. The van der Waals surface area contributed by atoms with Crippen LogP contribution in [0.5, 0.6) is 5.75 Å². The maximum Gasteiger partial charge on any atom is 0.174 e. The lowest BCUT2D eigenvalue weighted by Gasteiger charge is -2.29. The van der Waals surface area contributed by atoms with Crippen molar-refractivity contribution in [2.24, 2.45) is 0 Å². The number of para-hydroxylation sites is 2. The first-order valence-electron chi connectivity index (χ1n) is 11.4. The summed E-state index contributed by atoms with van der Waals surface area (Å²) in [5.74, 6) is 0.783. The normalized spacial score (nSPS) is 17.6. The Kier molecular flexibility index (Phi) is 5.84. The van der Waals surface area contributed by atoms with Crippen molar-refractivity contribution in [1.82, 2.24) is 14.9 Å². The van der Waals surface area contributed by atoms with Crippen molar-refractivity contribution in [3.8, 4) is 11.4 Å². The first kappa shape index (κ1) is 22.2. The highest BCUT2D eigenvalue weighted by atomic mass is 32.1. The Labute approximate surface area is 206 Å². The van der Waals surface area contributed by atoms with Crippen molar-refractivity contribution in [3.63, 3.8) is 0 Å². The van der Waals surface area contributed by atoms with E-state index in [1.54, 1.807) is 7.11 Å². The molecule has 1 N–H and O–H groups in total. The lowest BCUT2D eigenvalue weighted by Crippen LogP contribution is -2.30. The van der Waals surface area contributed by atoms with Gasteiger partial charge in [0, 0.05) is 23.3 Å². The number of thiocarbonyl (C=S) groups is 1. The molecule has 0 saturated carbocycles. The molecule has 3 heterocycles. The molecule has 4 aromatic rings. The lowest BCUT2D eigenvalue weighted by molar-refractivity contribution is 0.414. The van der Waals surface area contributed by atoms with Gasteiger partial charge in [-0.3, -0.25) is 4.98 Å². The highest BCUT2D eigenvalue weighted by Gasteiger charge is 2.43. The van der Waals surface area contributed by atoms with E-state index in [-0.39, 0.29) is 12.1 Å². The quantitative estimate of drug-likeness (QED) is 0.365. The second-order valence-corrected chi connectivity index (χ2v) is 9.06. The van der Waals surface area contributed by atoms with E-state index in [4.69, 9.17) is 17.0 Å². The Morgan fingerprint density at radius 1 is 0.941 bits per heavy atom. The number of hydrogen-bond acceptors (Lipinski definition) is 3. The van der Waals surface area contributed by atoms with Gasteiger partial charge < -0.3 is 19.5 Å². The predicted octanol–water partition coefficient (Wildman–Crippen LogP) is 5.98. The monoisotopic (exact) mass is 468 g/mol. The number of nitrogens with zero attached hydrogens (tertiary/aromatic N) is 3. The Hall–Kier alpha value is -3.64. The van der Waals surface area contributed by atoms with E-state index in [1.165, 1.54) is 22.5 Å². The fourth-order valence-corrected chi connectivity index (χ4v) is 5.35. The van der Waals surface area contributed by atoms with Gasteiger partial charge in [-0.25, -0.2) is 0 Å². The third kappa shape index (κ3) is 3.74. The summed E-state index contributed by atoms with van der Waals surface area (Å²) < 4.78 is 8.04. The third-order valence-corrected chi connectivity index (χ3v) is 6.81. The van der Waals surface area contributed by atoms with Gasteiger partial charge in [0.2, 0.25) is 0 Å². The van der Waals surface area contributed by atoms with E-state index in [0.29, 0.717) is 5.11 Å². The molecule has 0 bridgehead atoms. The Balaban J connectivity index is 1.71. The first-order valence-corrected chi connectivity index (χ1v) is 11.8. The number of aromatic nitrogens is 2. The minimum Gasteiger partial charge on any atom is -0.495 e. The number of rotatable bonds is 5. The van der Waals surface area contributed by atoms with E-state index in [0.717, 1.165) is 22.8 Å². The zero-order chi connectivity index (χ0) is 23.8. The van der Waals surface area contributed by atoms with Crippen LogP contribution in [-0.2, 0) is 0 Å². The molecule has 0 unspecified atom stereocenters. The molecule has 2 aromatic heterocycles. The van der Waals surface area contributed by atoms with Crippen LogP contribution in [0.15, 0.2) is 79.0 Å². The molecule has 6 heteroatoms. The SMILES string of the molecule is COc1ccccc1N1C(=S)N[C@@H](c2ccccn2)[C@@H]1c1cc(C)n(-c2cccc(C)c2)c1C. The summed E-state index contributed by atoms with van der Waals surface area (Å²) in [4.78, 5) is 6.86. The summed E-state index contributed by atoms with van der Waals surface area (Å²) in [6, 6.07) is 24.7. The molecule has 1 fully saturated rings. The maximum absolute atomic E-state index is 5.90. The van der Waals surface area contributed by atoms with Gasteiger partial charge in [0.25, 0.3) is 0 Å². The van der Waals surface area contributed by atoms with Crippen molar-refractivity contribution in [2.75, 3.05) is 12.0 Å². The van der Waals surface area contributed by atoms with Crippen molar-refractivity contribution < 1.29 is 4.74 Å². The smallest absolute Gasteiger partial charge is 0.174 e. The summed E-state index contributed by atoms with van der Waals surface area (Å²) in [5.41, 5.74) is 7.84. The molecule has 172 valence electrons.